The van der Waals surface area contributed by atoms with E-state index in [9.17, 15) is 8.78 Å². The van der Waals surface area contributed by atoms with Crippen LogP contribution in [0.5, 0.6) is 11.9 Å². The molecule has 0 aliphatic carbocycles. The predicted molar refractivity (Wildman–Crippen MR) is 172 cm³/mol. The molecule has 5 aliphatic heterocycles. The highest BCUT2D eigenvalue weighted by Crippen LogP contribution is 2.46. The van der Waals surface area contributed by atoms with Crippen molar-refractivity contribution in [2.75, 3.05) is 31.1 Å². The maximum Gasteiger partial charge on any atom is 0.319 e. The summed E-state index contributed by atoms with van der Waals surface area (Å²) in [6.45, 7) is 7.87. The lowest BCUT2D eigenvalue weighted by molar-refractivity contribution is 0.107. The molecule has 6 atom stereocenters. The fourth-order valence-corrected chi connectivity index (χ4v) is 8.87. The lowest BCUT2D eigenvalue weighted by Crippen LogP contribution is -2.62. The molecule has 1 N–H and O–H groups in total. The smallest absolute Gasteiger partial charge is 0.319 e. The number of terminal acetylenes is 1. The third kappa shape index (κ3) is 4.27. The summed E-state index contributed by atoms with van der Waals surface area (Å²) in [5.74, 6) is 1.84. The van der Waals surface area contributed by atoms with Crippen LogP contribution in [0.15, 0.2) is 42.5 Å². The molecule has 7 heterocycles. The number of piperazine rings is 1. The van der Waals surface area contributed by atoms with E-state index < -0.39 is 23.3 Å². The zero-order chi connectivity index (χ0) is 32.2. The fraction of sp³-hybridized carbons (Fsp3) is 0.417. The van der Waals surface area contributed by atoms with Crippen LogP contribution in [0.25, 0.3) is 32.9 Å². The Kier molecular flexibility index (Phi) is 6.31. The van der Waals surface area contributed by atoms with Gasteiger partial charge in [0.05, 0.1) is 17.1 Å². The van der Waals surface area contributed by atoms with Crippen molar-refractivity contribution in [3.05, 3.63) is 59.7 Å². The normalized spacial score (nSPS) is 29.5. The molecule has 0 saturated carbocycles. The lowest BCUT2D eigenvalue weighted by atomic mass is 9.93. The lowest BCUT2D eigenvalue weighted by Gasteiger charge is -2.42. The Balaban J connectivity index is 1.25. The highest BCUT2D eigenvalue weighted by molar-refractivity contribution is 6.03. The molecule has 11 heteroatoms. The van der Waals surface area contributed by atoms with Gasteiger partial charge < -0.3 is 19.7 Å². The molecule has 8 nitrogen and oxygen atoms in total. The van der Waals surface area contributed by atoms with Gasteiger partial charge in [0, 0.05) is 49.1 Å². The molecule has 9 rings (SSSR count). The van der Waals surface area contributed by atoms with Gasteiger partial charge in [0.15, 0.2) is 5.82 Å². The number of hydrogen-bond donors (Lipinski definition) is 1. The third-order valence-electron chi connectivity index (χ3n) is 10.8. The number of ether oxygens (including phenoxy) is 2. The Hall–Kier alpha value is -4.40. The minimum Gasteiger partial charge on any atom is -0.472 e. The van der Waals surface area contributed by atoms with E-state index in [0.717, 1.165) is 18.4 Å². The maximum absolute atomic E-state index is 17.1. The van der Waals surface area contributed by atoms with E-state index in [-0.39, 0.29) is 59.5 Å². The van der Waals surface area contributed by atoms with Gasteiger partial charge in [-0.15, -0.1) is 6.42 Å². The van der Waals surface area contributed by atoms with Gasteiger partial charge in [-0.05, 0) is 37.6 Å². The third-order valence-corrected chi connectivity index (χ3v) is 10.8. The van der Waals surface area contributed by atoms with E-state index in [4.69, 9.17) is 25.9 Å². The molecule has 4 fully saturated rings. The van der Waals surface area contributed by atoms with Crippen molar-refractivity contribution in [1.82, 2.24) is 25.2 Å². The van der Waals surface area contributed by atoms with E-state index >= 15 is 4.39 Å². The van der Waals surface area contributed by atoms with Crippen LogP contribution in [-0.4, -0.2) is 82.0 Å². The summed E-state index contributed by atoms with van der Waals surface area (Å²) in [4.78, 5) is 18.6. The van der Waals surface area contributed by atoms with Gasteiger partial charge in [-0.3, -0.25) is 4.90 Å². The number of aromatic nitrogens is 3. The Labute approximate surface area is 270 Å². The van der Waals surface area contributed by atoms with Gasteiger partial charge in [0.1, 0.15) is 47.1 Å². The quantitative estimate of drug-likeness (QED) is 0.238. The van der Waals surface area contributed by atoms with Gasteiger partial charge in [-0.1, -0.05) is 42.3 Å². The highest BCUT2D eigenvalue weighted by atomic mass is 19.1. The second-order valence-electron chi connectivity index (χ2n) is 13.7. The molecule has 0 spiro atoms. The first kappa shape index (κ1) is 28.8. The van der Waals surface area contributed by atoms with Crippen LogP contribution >= 0.6 is 0 Å². The zero-order valence-corrected chi connectivity index (χ0v) is 25.9. The van der Waals surface area contributed by atoms with Crippen molar-refractivity contribution < 1.29 is 22.6 Å². The molecule has 47 heavy (non-hydrogen) atoms. The Morgan fingerprint density at radius 2 is 2.02 bits per heavy atom. The first-order valence-electron chi connectivity index (χ1n) is 16.2. The summed E-state index contributed by atoms with van der Waals surface area (Å²) in [5.41, 5.74) is 0.751. The molecular formula is C36H33F3N6O2. The number of benzene rings is 2. The summed E-state index contributed by atoms with van der Waals surface area (Å²) in [7, 11) is 0. The number of nitrogens with one attached hydrogen (secondary N) is 1. The Morgan fingerprint density at radius 1 is 1.15 bits per heavy atom. The van der Waals surface area contributed by atoms with Crippen LogP contribution in [0.3, 0.4) is 0 Å². The van der Waals surface area contributed by atoms with Crippen LogP contribution in [0.4, 0.5) is 19.0 Å². The average Bonchev–Trinajstić information content (AvgIpc) is 3.65. The monoisotopic (exact) mass is 638 g/mol. The SMILES string of the molecule is C#Cc1c(F)ccc2cccc(-c3nc4c5c(nc(OCC67CC(=C)CN6C[C@H](F)C7)nc5c3F)N3CC5CCC(N5)C3C(C)O4)c12. The molecule has 2 aromatic heterocycles. The van der Waals surface area contributed by atoms with Crippen molar-refractivity contribution in [2.24, 2.45) is 0 Å². The second kappa shape index (κ2) is 10.3. The first-order valence-corrected chi connectivity index (χ1v) is 16.2. The molecule has 5 aliphatic rings. The number of rotatable bonds is 4. The number of pyridine rings is 1. The summed E-state index contributed by atoms with van der Waals surface area (Å²) < 4.78 is 59.6. The minimum absolute atomic E-state index is 0.00361. The molecular weight excluding hydrogens is 605 g/mol. The maximum atomic E-state index is 17.1. The van der Waals surface area contributed by atoms with E-state index in [1.807, 2.05) is 6.92 Å². The van der Waals surface area contributed by atoms with Crippen LogP contribution in [0.2, 0.25) is 0 Å². The molecule has 0 amide bonds. The van der Waals surface area contributed by atoms with Crippen LogP contribution in [0.1, 0.15) is 38.2 Å². The van der Waals surface area contributed by atoms with Gasteiger partial charge in [0.25, 0.3) is 0 Å². The van der Waals surface area contributed by atoms with Crippen molar-refractivity contribution in [2.45, 2.75) is 68.5 Å². The van der Waals surface area contributed by atoms with Gasteiger partial charge in [-0.2, -0.15) is 9.97 Å². The standard InChI is InChI=1S/C36H33F3N6O2/c1-4-23-25(38)10-8-20-6-5-7-24(27(20)23)30-29(39)31-28-33(45-16-22-9-11-26(40-22)32(45)19(3)47-34(28)41-30)43-35(42-31)46-17-36-12-18(2)14-44(36)15-21(37)13-36/h1,5-8,10,19,21-22,26,32,40H,2,9,11-17H2,3H3/t19?,21-,22?,26?,32?,36?/m1/s1. The summed E-state index contributed by atoms with van der Waals surface area (Å²) in [5, 5.41) is 5.09. The van der Waals surface area contributed by atoms with E-state index in [2.05, 4.69) is 32.6 Å². The molecule has 2 aromatic carbocycles. The second-order valence-corrected chi connectivity index (χ2v) is 13.7. The zero-order valence-electron chi connectivity index (χ0n) is 25.9. The van der Waals surface area contributed by atoms with Crippen molar-refractivity contribution >= 4 is 27.5 Å². The van der Waals surface area contributed by atoms with E-state index in [1.54, 1.807) is 24.3 Å². The summed E-state index contributed by atoms with van der Waals surface area (Å²) in [6, 6.07) is 8.43. The van der Waals surface area contributed by atoms with Crippen molar-refractivity contribution in [3.8, 4) is 35.5 Å². The summed E-state index contributed by atoms with van der Waals surface area (Å²) >= 11 is 0. The Bertz CT molecular complexity index is 2050. The van der Waals surface area contributed by atoms with Crippen LogP contribution in [0, 0.1) is 24.0 Å². The molecule has 4 saturated heterocycles. The predicted octanol–water partition coefficient (Wildman–Crippen LogP) is 5.32. The number of fused-ring (bicyclic) bond motifs is 7. The summed E-state index contributed by atoms with van der Waals surface area (Å²) in [6.07, 6.45) is 7.40. The fourth-order valence-electron chi connectivity index (χ4n) is 8.87. The molecule has 2 bridgehead atoms. The van der Waals surface area contributed by atoms with Crippen molar-refractivity contribution in [1.29, 1.82) is 0 Å². The topological polar surface area (TPSA) is 75.6 Å². The molecule has 240 valence electrons. The highest BCUT2D eigenvalue weighted by Gasteiger charge is 2.51. The van der Waals surface area contributed by atoms with Gasteiger partial charge in [0.2, 0.25) is 5.88 Å². The molecule has 5 unspecified atom stereocenters. The van der Waals surface area contributed by atoms with Crippen molar-refractivity contribution in [3.63, 3.8) is 0 Å². The van der Waals surface area contributed by atoms with Gasteiger partial charge >= 0.3 is 6.01 Å². The first-order chi connectivity index (χ1) is 22.7. The number of anilines is 1. The largest absolute Gasteiger partial charge is 0.472 e. The number of nitrogens with zero attached hydrogens (tertiary/aromatic N) is 5. The number of halogens is 3. The average molecular weight is 639 g/mol. The molecule has 4 aromatic rings. The Morgan fingerprint density at radius 3 is 2.87 bits per heavy atom. The number of hydrogen-bond acceptors (Lipinski definition) is 8. The van der Waals surface area contributed by atoms with E-state index in [1.165, 1.54) is 6.07 Å². The van der Waals surface area contributed by atoms with Crippen LogP contribution < -0.4 is 19.7 Å². The minimum atomic E-state index is -0.961. The molecule has 0 radical (unpaired) electrons. The number of alkyl halides is 1. The van der Waals surface area contributed by atoms with Gasteiger partial charge in [-0.25, -0.2) is 18.2 Å². The van der Waals surface area contributed by atoms with Crippen LogP contribution in [-0.2, 0) is 0 Å². The van der Waals surface area contributed by atoms with E-state index in [0.29, 0.717) is 60.0 Å².